The molecule has 8 heteroatoms. The summed E-state index contributed by atoms with van der Waals surface area (Å²) in [5.41, 5.74) is 4.77. The summed E-state index contributed by atoms with van der Waals surface area (Å²) in [6, 6.07) is 16.4. The molecule has 178 valence electrons. The summed E-state index contributed by atoms with van der Waals surface area (Å²) in [6.07, 6.45) is 1.59. The Hall–Kier alpha value is -2.66. The molecule has 0 bridgehead atoms. The molecule has 34 heavy (non-hydrogen) atoms. The molecule has 0 N–H and O–H groups in total. The lowest BCUT2D eigenvalue weighted by Crippen LogP contribution is -2.26. The monoisotopic (exact) mass is 480 g/mol. The Morgan fingerprint density at radius 1 is 1.12 bits per heavy atom. The van der Waals surface area contributed by atoms with E-state index < -0.39 is 6.43 Å². The van der Waals surface area contributed by atoms with Crippen LogP contribution in [-0.4, -0.2) is 29.8 Å². The Kier molecular flexibility index (Phi) is 9.70. The van der Waals surface area contributed by atoms with Gasteiger partial charge in [-0.15, -0.1) is 0 Å². The Labute approximate surface area is 206 Å². The van der Waals surface area contributed by atoms with Gasteiger partial charge in [-0.25, -0.2) is 14.0 Å². The number of rotatable bonds is 7. The van der Waals surface area contributed by atoms with Gasteiger partial charge in [0.1, 0.15) is 5.71 Å². The van der Waals surface area contributed by atoms with Crippen LogP contribution >= 0.6 is 11.9 Å². The molecule has 2 aromatic carbocycles. The van der Waals surface area contributed by atoms with E-state index in [0.717, 1.165) is 48.8 Å². The zero-order valence-electron chi connectivity index (χ0n) is 20.0. The van der Waals surface area contributed by atoms with Crippen molar-refractivity contribution < 1.29 is 8.78 Å². The highest BCUT2D eigenvalue weighted by Gasteiger charge is 2.27. The van der Waals surface area contributed by atoms with Crippen molar-refractivity contribution in [3.05, 3.63) is 65.2 Å². The second-order valence-electron chi connectivity index (χ2n) is 8.40. The first-order chi connectivity index (χ1) is 16.5. The minimum atomic E-state index is -2.56. The number of anilines is 1. The van der Waals surface area contributed by atoms with E-state index >= 15 is 0 Å². The second kappa shape index (κ2) is 12.7. The van der Waals surface area contributed by atoms with Gasteiger partial charge in [-0.1, -0.05) is 62.9 Å². The van der Waals surface area contributed by atoms with Gasteiger partial charge in [0.25, 0.3) is 13.1 Å². The first-order valence-corrected chi connectivity index (χ1v) is 12.8. The molecule has 0 unspecified atom stereocenters. The summed E-state index contributed by atoms with van der Waals surface area (Å²) in [5, 5.41) is 17.2. The molecular formula is C26H31BF2N4S. The van der Waals surface area contributed by atoms with Crippen molar-refractivity contribution >= 4 is 35.8 Å². The fraction of sp³-hybridized carbons (Fsp3) is 0.423. The summed E-state index contributed by atoms with van der Waals surface area (Å²) < 4.78 is 28.0. The SMILES string of the molecule is CC.Cc1cccc(N(Cc2ccc(C3=NN=C(C(F)F)C3)cc2)SC2CCB(C#N)CC2)c1. The van der Waals surface area contributed by atoms with Gasteiger partial charge < -0.3 is 4.31 Å². The second-order valence-corrected chi connectivity index (χ2v) is 9.71. The van der Waals surface area contributed by atoms with Crippen LogP contribution in [0.2, 0.25) is 12.6 Å². The maximum absolute atomic E-state index is 12.8. The molecule has 4 rings (SSSR count). The molecule has 0 saturated carbocycles. The van der Waals surface area contributed by atoms with Crippen molar-refractivity contribution in [2.24, 2.45) is 10.2 Å². The van der Waals surface area contributed by atoms with Crippen molar-refractivity contribution in [3.8, 4) is 5.97 Å². The predicted molar refractivity (Wildman–Crippen MR) is 141 cm³/mol. The highest BCUT2D eigenvalue weighted by atomic mass is 32.2. The maximum Gasteiger partial charge on any atom is 0.278 e. The molecule has 1 fully saturated rings. The Bertz CT molecular complexity index is 1040. The molecule has 0 atom stereocenters. The smallest absolute Gasteiger partial charge is 0.278 e. The van der Waals surface area contributed by atoms with Crippen LogP contribution in [0, 0.1) is 18.2 Å². The first kappa shape index (κ1) is 26.0. The maximum atomic E-state index is 12.8. The molecule has 1 saturated heterocycles. The van der Waals surface area contributed by atoms with Crippen molar-refractivity contribution in [2.75, 3.05) is 4.31 Å². The van der Waals surface area contributed by atoms with Crippen LogP contribution in [-0.2, 0) is 6.54 Å². The molecule has 0 aliphatic carbocycles. The number of hydrogen-bond donors (Lipinski definition) is 0. The van der Waals surface area contributed by atoms with E-state index in [9.17, 15) is 14.0 Å². The first-order valence-electron chi connectivity index (χ1n) is 11.9. The van der Waals surface area contributed by atoms with Gasteiger partial charge >= 0.3 is 0 Å². The molecule has 2 aliphatic rings. The summed E-state index contributed by atoms with van der Waals surface area (Å²) in [5.74, 6) is 2.41. The highest BCUT2D eigenvalue weighted by Crippen LogP contribution is 2.35. The van der Waals surface area contributed by atoms with Crippen molar-refractivity contribution in [1.29, 1.82) is 5.26 Å². The van der Waals surface area contributed by atoms with Crippen LogP contribution < -0.4 is 4.31 Å². The van der Waals surface area contributed by atoms with Gasteiger partial charge in [-0.3, -0.25) is 0 Å². The Balaban J connectivity index is 0.00000158. The van der Waals surface area contributed by atoms with Crippen molar-refractivity contribution in [1.82, 2.24) is 0 Å². The number of hydrogen-bond acceptors (Lipinski definition) is 5. The summed E-state index contributed by atoms with van der Waals surface area (Å²) in [7, 11) is 0. The summed E-state index contributed by atoms with van der Waals surface area (Å²) in [6.45, 7) is 7.02. The van der Waals surface area contributed by atoms with Crippen molar-refractivity contribution in [3.63, 3.8) is 0 Å². The minimum absolute atomic E-state index is 0.105. The van der Waals surface area contributed by atoms with Gasteiger partial charge in [0.05, 0.1) is 12.3 Å². The van der Waals surface area contributed by atoms with Crippen LogP contribution in [0.25, 0.3) is 0 Å². The lowest BCUT2D eigenvalue weighted by atomic mass is 9.43. The fourth-order valence-corrected chi connectivity index (χ4v) is 5.37. The molecule has 0 spiro atoms. The van der Waals surface area contributed by atoms with Gasteiger partial charge in [0, 0.05) is 23.3 Å². The van der Waals surface area contributed by atoms with Crippen LogP contribution in [0.1, 0.15) is 49.8 Å². The predicted octanol–water partition coefficient (Wildman–Crippen LogP) is 7.21. The summed E-state index contributed by atoms with van der Waals surface area (Å²) in [4.78, 5) is 0. The zero-order chi connectivity index (χ0) is 24.5. The van der Waals surface area contributed by atoms with Gasteiger partial charge in [-0.2, -0.15) is 10.2 Å². The normalized spacial score (nSPS) is 15.9. The number of halogens is 2. The number of nitriles is 1. The average Bonchev–Trinajstić information content (AvgIpc) is 3.37. The summed E-state index contributed by atoms with van der Waals surface area (Å²) >= 11 is 1.87. The molecule has 0 aromatic heterocycles. The topological polar surface area (TPSA) is 51.8 Å². The number of aryl methyl sites for hydroxylation is 1. The fourth-order valence-electron chi connectivity index (χ4n) is 4.07. The molecule has 2 aliphatic heterocycles. The molecule has 2 aromatic rings. The van der Waals surface area contributed by atoms with Gasteiger partial charge in [0.2, 0.25) is 0 Å². The van der Waals surface area contributed by atoms with E-state index in [0.29, 0.717) is 11.0 Å². The van der Waals surface area contributed by atoms with E-state index in [-0.39, 0.29) is 18.8 Å². The Morgan fingerprint density at radius 2 is 1.82 bits per heavy atom. The van der Waals surface area contributed by atoms with Crippen LogP contribution in [0.4, 0.5) is 14.5 Å². The standard InChI is InChI=1S/C24H25BF2N4S.C2H6/c1-17-3-2-4-20(13-17)31(32-21-9-11-25(16-28)12-10-21)15-18-5-7-19(8-6-18)22-14-23(24(26)27)30-29-22;1-2/h2-8,13,21,24H,9-12,14-15H2,1H3;1-2H3. The lowest BCUT2D eigenvalue weighted by Gasteiger charge is -2.31. The zero-order valence-corrected chi connectivity index (χ0v) is 20.9. The quantitative estimate of drug-likeness (QED) is 0.311. The van der Waals surface area contributed by atoms with E-state index in [2.05, 4.69) is 51.7 Å². The van der Waals surface area contributed by atoms with E-state index in [1.54, 1.807) is 0 Å². The lowest BCUT2D eigenvalue weighted by molar-refractivity contribution is 0.224. The number of benzene rings is 2. The van der Waals surface area contributed by atoms with Crippen LogP contribution in [0.5, 0.6) is 0 Å². The van der Waals surface area contributed by atoms with Crippen LogP contribution in [0.3, 0.4) is 0 Å². The molecule has 0 amide bonds. The third-order valence-electron chi connectivity index (χ3n) is 5.94. The van der Waals surface area contributed by atoms with Crippen molar-refractivity contribution in [2.45, 2.75) is 70.9 Å². The molecule has 2 heterocycles. The molecular weight excluding hydrogens is 449 g/mol. The largest absolute Gasteiger partial charge is 0.312 e. The third kappa shape index (κ3) is 6.93. The molecule has 4 nitrogen and oxygen atoms in total. The minimum Gasteiger partial charge on any atom is -0.312 e. The third-order valence-corrected chi connectivity index (χ3v) is 7.30. The van der Waals surface area contributed by atoms with E-state index in [1.807, 2.05) is 50.1 Å². The van der Waals surface area contributed by atoms with Gasteiger partial charge in [0.15, 0.2) is 0 Å². The van der Waals surface area contributed by atoms with Crippen LogP contribution in [0.15, 0.2) is 58.7 Å². The number of alkyl halides is 2. The van der Waals surface area contributed by atoms with E-state index in [4.69, 9.17) is 0 Å². The van der Waals surface area contributed by atoms with Gasteiger partial charge in [-0.05, 0) is 60.5 Å². The number of nitrogens with zero attached hydrogens (tertiary/aromatic N) is 4. The highest BCUT2D eigenvalue weighted by molar-refractivity contribution is 8.01. The molecule has 0 radical (unpaired) electrons. The Morgan fingerprint density at radius 3 is 2.41 bits per heavy atom. The average molecular weight is 480 g/mol. The van der Waals surface area contributed by atoms with E-state index in [1.165, 1.54) is 5.56 Å².